The monoisotopic (exact) mass is 451 g/mol. The molecule has 0 aliphatic carbocycles. The third-order valence-electron chi connectivity index (χ3n) is 6.02. The fourth-order valence-corrected chi connectivity index (χ4v) is 4.05. The molecule has 33 heavy (non-hydrogen) atoms. The number of hydrogen-bond acceptors (Lipinski definition) is 6. The van der Waals surface area contributed by atoms with Crippen LogP contribution in [0, 0.1) is 0 Å². The van der Waals surface area contributed by atoms with Gasteiger partial charge in [-0.1, -0.05) is 36.4 Å². The lowest BCUT2D eigenvalue weighted by molar-refractivity contribution is -0.0543. The molecule has 1 aliphatic heterocycles. The molecule has 8 nitrogen and oxygen atoms in total. The van der Waals surface area contributed by atoms with E-state index in [4.69, 9.17) is 14.1 Å². The number of nitrogens with zero attached hydrogens (tertiary/aromatic N) is 3. The SMILES string of the molecule is CCN(O)C(=O)N1CCC(c2nc(-c3cccc(OC)c3)c(-c3ccc(CO)cc3)o2)CC1. The van der Waals surface area contributed by atoms with Gasteiger partial charge in [-0.25, -0.2) is 14.8 Å². The number of aliphatic hydroxyl groups is 1. The van der Waals surface area contributed by atoms with Crippen molar-refractivity contribution in [3.05, 3.63) is 60.0 Å². The van der Waals surface area contributed by atoms with Crippen LogP contribution >= 0.6 is 0 Å². The summed E-state index contributed by atoms with van der Waals surface area (Å²) in [5.74, 6) is 2.10. The maximum atomic E-state index is 12.2. The first-order valence-electron chi connectivity index (χ1n) is 11.1. The third-order valence-corrected chi connectivity index (χ3v) is 6.02. The number of likely N-dealkylation sites (tertiary alicyclic amines) is 1. The van der Waals surface area contributed by atoms with Crippen LogP contribution in [-0.2, 0) is 6.61 Å². The number of piperidine rings is 1. The number of hydroxylamine groups is 2. The van der Waals surface area contributed by atoms with E-state index >= 15 is 0 Å². The highest BCUT2D eigenvalue weighted by atomic mass is 16.5. The van der Waals surface area contributed by atoms with Gasteiger partial charge in [0.1, 0.15) is 11.4 Å². The first kappa shape index (κ1) is 22.8. The molecule has 4 rings (SSSR count). The topological polar surface area (TPSA) is 99.3 Å². The van der Waals surface area contributed by atoms with Crippen molar-refractivity contribution < 1.29 is 24.3 Å². The van der Waals surface area contributed by atoms with Crippen LogP contribution in [0.25, 0.3) is 22.6 Å². The van der Waals surface area contributed by atoms with Gasteiger partial charge in [0.15, 0.2) is 11.7 Å². The number of carbonyl (C=O) groups is 1. The second-order valence-corrected chi connectivity index (χ2v) is 8.08. The van der Waals surface area contributed by atoms with Crippen molar-refractivity contribution in [1.82, 2.24) is 14.9 Å². The van der Waals surface area contributed by atoms with Gasteiger partial charge in [-0.15, -0.1) is 0 Å². The number of urea groups is 1. The Kier molecular flexibility index (Phi) is 6.96. The molecule has 2 amide bonds. The molecule has 2 N–H and O–H groups in total. The van der Waals surface area contributed by atoms with Gasteiger partial charge in [0, 0.05) is 36.7 Å². The zero-order valence-electron chi connectivity index (χ0n) is 18.9. The Hall–Kier alpha value is -3.36. The molecule has 2 heterocycles. The number of methoxy groups -OCH3 is 1. The fraction of sp³-hybridized carbons (Fsp3) is 0.360. The Labute approximate surface area is 193 Å². The van der Waals surface area contributed by atoms with E-state index in [0.717, 1.165) is 33.2 Å². The lowest BCUT2D eigenvalue weighted by atomic mass is 9.97. The zero-order chi connectivity index (χ0) is 23.4. The van der Waals surface area contributed by atoms with Gasteiger partial charge >= 0.3 is 6.03 Å². The van der Waals surface area contributed by atoms with Gasteiger partial charge in [0.2, 0.25) is 0 Å². The summed E-state index contributed by atoms with van der Waals surface area (Å²) in [5, 5.41) is 19.8. The molecule has 1 saturated heterocycles. The summed E-state index contributed by atoms with van der Waals surface area (Å²) in [4.78, 5) is 18.8. The van der Waals surface area contributed by atoms with Gasteiger partial charge in [-0.2, -0.15) is 0 Å². The van der Waals surface area contributed by atoms with E-state index in [1.165, 1.54) is 0 Å². The van der Waals surface area contributed by atoms with Crippen LogP contribution in [0.4, 0.5) is 4.79 Å². The average molecular weight is 452 g/mol. The second-order valence-electron chi connectivity index (χ2n) is 8.08. The van der Waals surface area contributed by atoms with Crippen LogP contribution in [0.1, 0.15) is 37.1 Å². The van der Waals surface area contributed by atoms with Crippen LogP contribution < -0.4 is 4.74 Å². The van der Waals surface area contributed by atoms with Gasteiger partial charge < -0.3 is 19.2 Å². The molecule has 0 atom stereocenters. The Morgan fingerprint density at radius 3 is 2.55 bits per heavy atom. The summed E-state index contributed by atoms with van der Waals surface area (Å²) < 4.78 is 11.7. The Morgan fingerprint density at radius 2 is 1.91 bits per heavy atom. The summed E-state index contributed by atoms with van der Waals surface area (Å²) in [6, 6.07) is 14.9. The molecule has 0 radical (unpaired) electrons. The van der Waals surface area contributed by atoms with E-state index in [0.29, 0.717) is 37.6 Å². The molecule has 8 heteroatoms. The Balaban J connectivity index is 1.64. The first-order valence-corrected chi connectivity index (χ1v) is 11.1. The zero-order valence-corrected chi connectivity index (χ0v) is 18.9. The summed E-state index contributed by atoms with van der Waals surface area (Å²) >= 11 is 0. The molecule has 2 aromatic carbocycles. The third kappa shape index (κ3) is 4.86. The molecule has 1 aliphatic rings. The number of carbonyl (C=O) groups excluding carboxylic acids is 1. The smallest absolute Gasteiger partial charge is 0.343 e. The van der Waals surface area contributed by atoms with Crippen molar-refractivity contribution in [2.45, 2.75) is 32.3 Å². The minimum atomic E-state index is -0.370. The van der Waals surface area contributed by atoms with Crippen LogP contribution in [0.5, 0.6) is 5.75 Å². The van der Waals surface area contributed by atoms with Crippen LogP contribution in [0.3, 0.4) is 0 Å². The van der Waals surface area contributed by atoms with Crippen molar-refractivity contribution in [2.24, 2.45) is 0 Å². The normalized spacial score (nSPS) is 14.4. The van der Waals surface area contributed by atoms with Crippen molar-refractivity contribution in [3.8, 4) is 28.3 Å². The fourth-order valence-electron chi connectivity index (χ4n) is 4.05. The van der Waals surface area contributed by atoms with E-state index < -0.39 is 0 Å². The summed E-state index contributed by atoms with van der Waals surface area (Å²) in [6.07, 6.45) is 1.40. The van der Waals surface area contributed by atoms with E-state index in [1.54, 1.807) is 18.9 Å². The van der Waals surface area contributed by atoms with Crippen LogP contribution in [0.15, 0.2) is 52.9 Å². The lowest BCUT2D eigenvalue weighted by Crippen LogP contribution is -2.45. The Morgan fingerprint density at radius 1 is 1.18 bits per heavy atom. The molecule has 1 aromatic heterocycles. The highest BCUT2D eigenvalue weighted by Gasteiger charge is 2.30. The molecule has 3 aromatic rings. The molecule has 0 bridgehead atoms. The lowest BCUT2D eigenvalue weighted by Gasteiger charge is -2.32. The van der Waals surface area contributed by atoms with E-state index in [-0.39, 0.29) is 25.1 Å². The van der Waals surface area contributed by atoms with Gasteiger partial charge in [-0.05, 0) is 37.5 Å². The average Bonchev–Trinajstić information content (AvgIpc) is 3.33. The molecule has 0 saturated carbocycles. The van der Waals surface area contributed by atoms with Crippen molar-refractivity contribution in [3.63, 3.8) is 0 Å². The van der Waals surface area contributed by atoms with Crippen molar-refractivity contribution >= 4 is 6.03 Å². The largest absolute Gasteiger partial charge is 0.497 e. The number of benzene rings is 2. The van der Waals surface area contributed by atoms with Gasteiger partial charge in [0.25, 0.3) is 0 Å². The molecule has 1 fully saturated rings. The van der Waals surface area contributed by atoms with E-state index in [1.807, 2.05) is 48.5 Å². The minimum absolute atomic E-state index is 0.0225. The molecular formula is C25H29N3O5. The number of hydrogen-bond donors (Lipinski definition) is 2. The highest BCUT2D eigenvalue weighted by Crippen LogP contribution is 2.38. The van der Waals surface area contributed by atoms with Crippen LogP contribution in [0.2, 0.25) is 0 Å². The number of oxazole rings is 1. The van der Waals surface area contributed by atoms with Crippen molar-refractivity contribution in [1.29, 1.82) is 0 Å². The standard InChI is InChI=1S/C25H29N3O5/c1-3-28(31)25(30)27-13-11-19(12-14-27)24-26-22(20-5-4-6-21(15-20)32-2)23(33-24)18-9-7-17(16-29)8-10-18/h4-10,15,19,29,31H,3,11-14,16H2,1-2H3. The quantitative estimate of drug-likeness (QED) is 0.422. The minimum Gasteiger partial charge on any atom is -0.497 e. The number of aliphatic hydroxyl groups excluding tert-OH is 1. The van der Waals surface area contributed by atoms with Crippen molar-refractivity contribution in [2.75, 3.05) is 26.7 Å². The first-order chi connectivity index (χ1) is 16.0. The number of rotatable bonds is 6. The predicted octanol–water partition coefficient (Wildman–Crippen LogP) is 4.52. The maximum Gasteiger partial charge on any atom is 0.343 e. The number of amides is 2. The number of ether oxygens (including phenoxy) is 1. The molecule has 0 unspecified atom stereocenters. The summed E-state index contributed by atoms with van der Waals surface area (Å²) in [5.41, 5.74) is 3.31. The Bertz CT molecular complexity index is 1090. The molecular weight excluding hydrogens is 422 g/mol. The summed E-state index contributed by atoms with van der Waals surface area (Å²) in [6.45, 7) is 3.01. The van der Waals surface area contributed by atoms with E-state index in [9.17, 15) is 15.1 Å². The molecule has 174 valence electrons. The maximum absolute atomic E-state index is 12.2. The van der Waals surface area contributed by atoms with Gasteiger partial charge in [-0.3, -0.25) is 5.21 Å². The van der Waals surface area contributed by atoms with Gasteiger partial charge in [0.05, 0.1) is 13.7 Å². The second kappa shape index (κ2) is 10.1. The summed E-state index contributed by atoms with van der Waals surface area (Å²) in [7, 11) is 1.63. The molecule has 0 spiro atoms. The number of aromatic nitrogens is 1. The predicted molar refractivity (Wildman–Crippen MR) is 123 cm³/mol. The van der Waals surface area contributed by atoms with Crippen LogP contribution in [-0.4, -0.2) is 58.0 Å². The van der Waals surface area contributed by atoms with E-state index in [2.05, 4.69) is 0 Å². The highest BCUT2D eigenvalue weighted by molar-refractivity contribution is 5.77.